The zero-order chi connectivity index (χ0) is 25.9. The molecule has 0 radical (unpaired) electrons. The Balaban J connectivity index is 1.87. The fraction of sp³-hybridized carbons (Fsp3) is 0.130. The molecular weight excluding hydrogens is 476 g/mol. The Bertz CT molecular complexity index is 1280. The Morgan fingerprint density at radius 1 is 1.00 bits per heavy atom. The van der Waals surface area contributed by atoms with Crippen LogP contribution in [0.4, 0.5) is 23.2 Å². The van der Waals surface area contributed by atoms with E-state index in [0.29, 0.717) is 5.56 Å². The summed E-state index contributed by atoms with van der Waals surface area (Å²) in [5.74, 6) is -9.43. The normalized spacial score (nSPS) is 10.6. The molecular formula is C23H16F4N2O6. The molecule has 0 saturated carbocycles. The van der Waals surface area contributed by atoms with Crippen LogP contribution in [-0.2, 0) is 6.61 Å². The van der Waals surface area contributed by atoms with E-state index in [9.17, 15) is 37.3 Å². The third kappa shape index (κ3) is 5.21. The summed E-state index contributed by atoms with van der Waals surface area (Å²) >= 11 is 0. The van der Waals surface area contributed by atoms with Crippen LogP contribution in [-0.4, -0.2) is 36.1 Å². The fourth-order valence-electron chi connectivity index (χ4n) is 2.95. The van der Waals surface area contributed by atoms with E-state index in [4.69, 9.17) is 9.47 Å². The summed E-state index contributed by atoms with van der Waals surface area (Å²) in [6, 6.07) is 9.10. The first-order valence-electron chi connectivity index (χ1n) is 9.76. The molecule has 0 aliphatic heterocycles. The number of carbonyl (C=O) groups is 2. The summed E-state index contributed by atoms with van der Waals surface area (Å²) in [4.78, 5) is 34.6. The minimum Gasteiger partial charge on any atom is -0.483 e. The van der Waals surface area contributed by atoms with Crippen molar-refractivity contribution in [3.05, 3.63) is 92.5 Å². The van der Waals surface area contributed by atoms with E-state index in [1.54, 1.807) is 14.1 Å². The first-order chi connectivity index (χ1) is 16.5. The smallest absolute Gasteiger partial charge is 0.311 e. The predicted octanol–water partition coefficient (Wildman–Crippen LogP) is 5.04. The second-order valence-electron chi connectivity index (χ2n) is 7.29. The number of ether oxygens (including phenoxy) is 2. The van der Waals surface area contributed by atoms with E-state index in [2.05, 4.69) is 0 Å². The molecule has 0 aromatic heterocycles. The molecule has 0 fully saturated rings. The number of rotatable bonds is 8. The number of halogens is 4. The van der Waals surface area contributed by atoms with Gasteiger partial charge in [0.15, 0.2) is 23.7 Å². The van der Waals surface area contributed by atoms with Crippen LogP contribution in [0.3, 0.4) is 0 Å². The summed E-state index contributed by atoms with van der Waals surface area (Å²) in [5, 5.41) is 11.4. The molecule has 182 valence electrons. The van der Waals surface area contributed by atoms with Crippen LogP contribution in [0.5, 0.6) is 17.2 Å². The molecule has 0 aliphatic carbocycles. The average Bonchev–Trinajstić information content (AvgIpc) is 2.83. The molecule has 0 unspecified atom stereocenters. The number of aldehydes is 1. The monoisotopic (exact) mass is 492 g/mol. The van der Waals surface area contributed by atoms with Crippen LogP contribution < -0.4 is 9.47 Å². The largest absolute Gasteiger partial charge is 0.483 e. The number of hydrogen-bond donors (Lipinski definition) is 0. The first kappa shape index (κ1) is 25.1. The molecule has 0 bridgehead atoms. The molecule has 0 aliphatic rings. The number of nitrogens with zero attached hydrogens (tertiary/aromatic N) is 2. The highest BCUT2D eigenvalue weighted by molar-refractivity contribution is 5.93. The van der Waals surface area contributed by atoms with E-state index in [-0.39, 0.29) is 29.3 Å². The topological polar surface area (TPSA) is 99.0 Å². The molecule has 3 aromatic rings. The van der Waals surface area contributed by atoms with Crippen molar-refractivity contribution in [2.45, 2.75) is 6.61 Å². The van der Waals surface area contributed by atoms with Crippen molar-refractivity contribution in [2.24, 2.45) is 0 Å². The van der Waals surface area contributed by atoms with Crippen LogP contribution in [0.25, 0.3) is 0 Å². The summed E-state index contributed by atoms with van der Waals surface area (Å²) in [6.45, 7) is -0.655. The second-order valence-corrected chi connectivity index (χ2v) is 7.29. The lowest BCUT2D eigenvalue weighted by Crippen LogP contribution is -2.21. The Hall–Kier alpha value is -4.48. The molecule has 0 heterocycles. The van der Waals surface area contributed by atoms with E-state index in [1.807, 2.05) is 0 Å². The van der Waals surface area contributed by atoms with Crippen molar-refractivity contribution in [1.29, 1.82) is 0 Å². The average molecular weight is 492 g/mol. The standard InChI is InChI=1S/C23H16F4N2O6/c1-28(2)23(31)13-4-6-14(7-5-13)35-17-9-12(3-8-16(17)29(32)33)11-34-22-20(26)18(24)15(10-30)19(25)21(22)27/h3-10H,11H2,1-2H3. The highest BCUT2D eigenvalue weighted by Crippen LogP contribution is 2.34. The maximum Gasteiger partial charge on any atom is 0.311 e. The first-order valence-corrected chi connectivity index (χ1v) is 9.76. The highest BCUT2D eigenvalue weighted by atomic mass is 19.2. The maximum atomic E-state index is 14.1. The lowest BCUT2D eigenvalue weighted by Gasteiger charge is -2.13. The lowest BCUT2D eigenvalue weighted by molar-refractivity contribution is -0.385. The Labute approximate surface area is 195 Å². The van der Waals surface area contributed by atoms with Crippen LogP contribution in [0.15, 0.2) is 42.5 Å². The van der Waals surface area contributed by atoms with Gasteiger partial charge in [-0.25, -0.2) is 8.78 Å². The summed E-state index contributed by atoms with van der Waals surface area (Å²) in [5.41, 5.74) is -1.42. The fourth-order valence-corrected chi connectivity index (χ4v) is 2.95. The van der Waals surface area contributed by atoms with Gasteiger partial charge >= 0.3 is 5.69 Å². The lowest BCUT2D eigenvalue weighted by atomic mass is 10.1. The predicted molar refractivity (Wildman–Crippen MR) is 114 cm³/mol. The van der Waals surface area contributed by atoms with Gasteiger partial charge in [0.2, 0.25) is 17.4 Å². The van der Waals surface area contributed by atoms with Gasteiger partial charge < -0.3 is 14.4 Å². The van der Waals surface area contributed by atoms with Gasteiger partial charge in [-0.05, 0) is 42.0 Å². The molecule has 0 spiro atoms. The summed E-state index contributed by atoms with van der Waals surface area (Å²) in [7, 11) is 3.14. The molecule has 0 N–H and O–H groups in total. The van der Waals surface area contributed by atoms with Gasteiger partial charge in [0.05, 0.1) is 10.5 Å². The van der Waals surface area contributed by atoms with E-state index < -0.39 is 51.8 Å². The summed E-state index contributed by atoms with van der Waals surface area (Å²) < 4.78 is 66.1. The van der Waals surface area contributed by atoms with Crippen LogP contribution in [0, 0.1) is 33.4 Å². The number of nitro benzene ring substituents is 1. The SMILES string of the molecule is CN(C)C(=O)c1ccc(Oc2cc(COc3c(F)c(F)c(C=O)c(F)c3F)ccc2[N+](=O)[O-])cc1. The minimum absolute atomic E-state index is 0.101. The molecule has 8 nitrogen and oxygen atoms in total. The van der Waals surface area contributed by atoms with Crippen LogP contribution in [0.1, 0.15) is 26.3 Å². The molecule has 12 heteroatoms. The van der Waals surface area contributed by atoms with Gasteiger partial charge in [0.1, 0.15) is 12.4 Å². The number of hydrogen-bond acceptors (Lipinski definition) is 6. The second kappa shape index (κ2) is 10.2. The van der Waals surface area contributed by atoms with Crippen LogP contribution >= 0.6 is 0 Å². The zero-order valence-corrected chi connectivity index (χ0v) is 18.2. The number of nitro groups is 1. The van der Waals surface area contributed by atoms with E-state index in [0.717, 1.165) is 12.1 Å². The number of amides is 1. The Morgan fingerprint density at radius 3 is 2.11 bits per heavy atom. The molecule has 1 amide bonds. The van der Waals surface area contributed by atoms with E-state index >= 15 is 0 Å². The molecule has 3 aromatic carbocycles. The molecule has 3 rings (SSSR count). The molecule has 0 saturated heterocycles. The van der Waals surface area contributed by atoms with Crippen molar-refractivity contribution in [3.63, 3.8) is 0 Å². The minimum atomic E-state index is -1.92. The summed E-state index contributed by atoms with van der Waals surface area (Å²) in [6.07, 6.45) is -0.372. The van der Waals surface area contributed by atoms with Crippen molar-refractivity contribution < 1.29 is 41.5 Å². The van der Waals surface area contributed by atoms with Gasteiger partial charge in [-0.2, -0.15) is 8.78 Å². The van der Waals surface area contributed by atoms with Gasteiger partial charge in [-0.15, -0.1) is 0 Å². The number of benzene rings is 3. The molecule has 0 atom stereocenters. The quantitative estimate of drug-likeness (QED) is 0.144. The van der Waals surface area contributed by atoms with Gasteiger partial charge in [0, 0.05) is 25.7 Å². The maximum absolute atomic E-state index is 14.1. The van der Waals surface area contributed by atoms with Crippen molar-refractivity contribution in [1.82, 2.24) is 4.90 Å². The van der Waals surface area contributed by atoms with Gasteiger partial charge in [-0.1, -0.05) is 0 Å². The van der Waals surface area contributed by atoms with Crippen molar-refractivity contribution in [3.8, 4) is 17.2 Å². The van der Waals surface area contributed by atoms with Gasteiger partial charge in [0.25, 0.3) is 5.91 Å². The van der Waals surface area contributed by atoms with Crippen molar-refractivity contribution >= 4 is 17.9 Å². The van der Waals surface area contributed by atoms with Crippen molar-refractivity contribution in [2.75, 3.05) is 14.1 Å². The highest BCUT2D eigenvalue weighted by Gasteiger charge is 2.27. The Morgan fingerprint density at radius 2 is 1.60 bits per heavy atom. The van der Waals surface area contributed by atoms with Crippen LogP contribution in [0.2, 0.25) is 0 Å². The van der Waals surface area contributed by atoms with Gasteiger partial charge in [-0.3, -0.25) is 19.7 Å². The number of carbonyl (C=O) groups excluding carboxylic acids is 2. The third-order valence-corrected chi connectivity index (χ3v) is 4.71. The Kier molecular flexibility index (Phi) is 7.33. The van der Waals surface area contributed by atoms with E-state index in [1.165, 1.54) is 35.2 Å². The zero-order valence-electron chi connectivity index (χ0n) is 18.2. The molecule has 35 heavy (non-hydrogen) atoms. The third-order valence-electron chi connectivity index (χ3n) is 4.71.